The molecule has 18 heavy (non-hydrogen) atoms. The van der Waals surface area contributed by atoms with Crippen LogP contribution in [-0.4, -0.2) is 22.6 Å². The van der Waals surface area contributed by atoms with Gasteiger partial charge in [0.05, 0.1) is 5.25 Å². The van der Waals surface area contributed by atoms with Gasteiger partial charge in [0.15, 0.2) is 0 Å². The number of thioether (sulfide) groups is 1. The number of hydrogen-bond donors (Lipinski definition) is 0. The van der Waals surface area contributed by atoms with Crippen molar-refractivity contribution in [1.29, 1.82) is 0 Å². The minimum absolute atomic E-state index is 0.105. The monoisotopic (exact) mass is 261 g/mol. The Morgan fingerprint density at radius 3 is 2.72 bits per heavy atom. The second-order valence-electron chi connectivity index (χ2n) is 5.42. The van der Waals surface area contributed by atoms with E-state index in [1.54, 1.807) is 11.8 Å². The van der Waals surface area contributed by atoms with E-state index in [9.17, 15) is 4.79 Å². The lowest BCUT2D eigenvalue weighted by molar-refractivity contribution is -0.130. The molecule has 0 unspecified atom stereocenters. The molecule has 0 N–H and O–H groups in total. The maximum atomic E-state index is 12.3. The van der Waals surface area contributed by atoms with E-state index in [-0.39, 0.29) is 10.6 Å². The van der Waals surface area contributed by atoms with Gasteiger partial charge in [0, 0.05) is 6.54 Å². The van der Waals surface area contributed by atoms with E-state index in [0.717, 1.165) is 12.5 Å². The van der Waals surface area contributed by atoms with Gasteiger partial charge in [-0.25, -0.2) is 0 Å². The first-order valence-corrected chi connectivity index (χ1v) is 7.62. The summed E-state index contributed by atoms with van der Waals surface area (Å²) >= 11 is 1.80. The van der Waals surface area contributed by atoms with Crippen LogP contribution in [-0.2, 0) is 4.79 Å². The van der Waals surface area contributed by atoms with E-state index in [1.165, 1.54) is 24.0 Å². The summed E-state index contributed by atoms with van der Waals surface area (Å²) in [7, 11) is 0. The lowest BCUT2D eigenvalue weighted by Crippen LogP contribution is -2.32. The van der Waals surface area contributed by atoms with Crippen LogP contribution in [0.3, 0.4) is 0 Å². The van der Waals surface area contributed by atoms with Crippen molar-refractivity contribution in [3.63, 3.8) is 0 Å². The fourth-order valence-corrected chi connectivity index (χ4v) is 3.93. The Morgan fingerprint density at radius 1 is 1.33 bits per heavy atom. The van der Waals surface area contributed by atoms with Crippen LogP contribution in [0.15, 0.2) is 24.3 Å². The summed E-state index contributed by atoms with van der Waals surface area (Å²) in [6, 6.07) is 8.44. The largest absolute Gasteiger partial charge is 0.325 e. The molecule has 1 aromatic rings. The topological polar surface area (TPSA) is 20.3 Å². The Hall–Kier alpha value is -0.960. The second-order valence-corrected chi connectivity index (χ2v) is 6.85. The number of amides is 1. The third-order valence-corrected chi connectivity index (χ3v) is 5.23. The van der Waals surface area contributed by atoms with E-state index < -0.39 is 0 Å². The van der Waals surface area contributed by atoms with Crippen molar-refractivity contribution in [1.82, 2.24) is 4.90 Å². The number of aryl methyl sites for hydroxylation is 1. The van der Waals surface area contributed by atoms with Crippen molar-refractivity contribution in [3.8, 4) is 0 Å². The molecular weight excluding hydrogens is 242 g/mol. The molecule has 1 amide bonds. The average molecular weight is 261 g/mol. The van der Waals surface area contributed by atoms with Crippen molar-refractivity contribution in [2.24, 2.45) is 5.92 Å². The molecule has 0 radical (unpaired) electrons. The number of hydrogen-bond acceptors (Lipinski definition) is 2. The maximum Gasteiger partial charge on any atom is 0.236 e. The lowest BCUT2D eigenvalue weighted by Gasteiger charge is -2.25. The fourth-order valence-electron chi connectivity index (χ4n) is 2.54. The first kappa shape index (κ1) is 12.1. The van der Waals surface area contributed by atoms with Gasteiger partial charge < -0.3 is 4.90 Å². The molecule has 0 spiro atoms. The summed E-state index contributed by atoms with van der Waals surface area (Å²) in [6.07, 6.45) is 2.59. The molecular formula is C15H19NOS. The predicted molar refractivity (Wildman–Crippen MR) is 75.4 cm³/mol. The van der Waals surface area contributed by atoms with Crippen LogP contribution in [0.4, 0.5) is 0 Å². The summed E-state index contributed by atoms with van der Waals surface area (Å²) in [6.45, 7) is 5.12. The summed E-state index contributed by atoms with van der Waals surface area (Å²) in [5.41, 5.74) is 2.60. The number of carbonyl (C=O) groups is 1. The van der Waals surface area contributed by atoms with Crippen molar-refractivity contribution in [3.05, 3.63) is 35.4 Å². The Balaban J connectivity index is 1.89. The molecule has 1 aromatic carbocycles. The van der Waals surface area contributed by atoms with E-state index in [2.05, 4.69) is 36.1 Å². The first-order chi connectivity index (χ1) is 8.66. The molecule has 2 atom stereocenters. The molecule has 2 aliphatic rings. The van der Waals surface area contributed by atoms with Crippen molar-refractivity contribution in [2.45, 2.75) is 37.3 Å². The summed E-state index contributed by atoms with van der Waals surface area (Å²) in [5.74, 6) is 1.08. The van der Waals surface area contributed by atoms with Crippen LogP contribution in [0.2, 0.25) is 0 Å². The molecule has 1 aliphatic carbocycles. The highest BCUT2D eigenvalue weighted by atomic mass is 32.2. The van der Waals surface area contributed by atoms with Gasteiger partial charge in [-0.3, -0.25) is 4.79 Å². The van der Waals surface area contributed by atoms with Gasteiger partial charge in [-0.1, -0.05) is 24.3 Å². The number of carbonyl (C=O) groups excluding carboxylic acids is 1. The van der Waals surface area contributed by atoms with Crippen LogP contribution in [0.25, 0.3) is 0 Å². The van der Waals surface area contributed by atoms with Crippen LogP contribution < -0.4 is 0 Å². The summed E-state index contributed by atoms with van der Waals surface area (Å²) in [5, 5.41) is 0.336. The van der Waals surface area contributed by atoms with Gasteiger partial charge in [-0.15, -0.1) is 11.8 Å². The average Bonchev–Trinajstić information content (AvgIpc) is 3.13. The molecule has 2 fully saturated rings. The van der Waals surface area contributed by atoms with Crippen LogP contribution in [0.1, 0.15) is 36.3 Å². The number of benzene rings is 1. The molecule has 3 heteroatoms. The molecule has 3 rings (SSSR count). The van der Waals surface area contributed by atoms with Gasteiger partial charge >= 0.3 is 0 Å². The zero-order valence-corrected chi connectivity index (χ0v) is 11.7. The molecule has 0 bridgehead atoms. The Kier molecular flexibility index (Phi) is 3.10. The van der Waals surface area contributed by atoms with Crippen LogP contribution >= 0.6 is 11.8 Å². The predicted octanol–water partition coefficient (Wildman–Crippen LogP) is 3.37. The zero-order valence-electron chi connectivity index (χ0n) is 10.9. The van der Waals surface area contributed by atoms with Gasteiger partial charge in [0.25, 0.3) is 0 Å². The Labute approximate surface area is 113 Å². The van der Waals surface area contributed by atoms with Gasteiger partial charge in [-0.2, -0.15) is 0 Å². The van der Waals surface area contributed by atoms with E-state index in [4.69, 9.17) is 0 Å². The second kappa shape index (κ2) is 4.61. The minimum Gasteiger partial charge on any atom is -0.325 e. The van der Waals surface area contributed by atoms with Crippen molar-refractivity contribution >= 4 is 17.7 Å². The molecule has 1 heterocycles. The highest BCUT2D eigenvalue weighted by molar-refractivity contribution is 8.01. The zero-order chi connectivity index (χ0) is 12.7. The summed E-state index contributed by atoms with van der Waals surface area (Å²) in [4.78, 5) is 14.4. The van der Waals surface area contributed by atoms with Crippen molar-refractivity contribution in [2.75, 3.05) is 6.54 Å². The molecule has 96 valence electrons. The maximum absolute atomic E-state index is 12.3. The lowest BCUT2D eigenvalue weighted by atomic mass is 10.1. The third kappa shape index (κ3) is 2.16. The van der Waals surface area contributed by atoms with E-state index in [1.807, 2.05) is 6.92 Å². The van der Waals surface area contributed by atoms with Crippen LogP contribution in [0.5, 0.6) is 0 Å². The Morgan fingerprint density at radius 2 is 2.06 bits per heavy atom. The van der Waals surface area contributed by atoms with Gasteiger partial charge in [0.1, 0.15) is 5.37 Å². The van der Waals surface area contributed by atoms with E-state index in [0.29, 0.717) is 5.91 Å². The molecule has 2 nitrogen and oxygen atoms in total. The highest BCUT2D eigenvalue weighted by Crippen LogP contribution is 2.45. The summed E-state index contributed by atoms with van der Waals surface area (Å²) < 4.78 is 0. The molecule has 0 aromatic heterocycles. The highest BCUT2D eigenvalue weighted by Gasteiger charge is 2.41. The van der Waals surface area contributed by atoms with Crippen molar-refractivity contribution < 1.29 is 4.79 Å². The normalized spacial score (nSPS) is 27.9. The van der Waals surface area contributed by atoms with E-state index >= 15 is 0 Å². The minimum atomic E-state index is 0.105. The molecule has 1 saturated carbocycles. The van der Waals surface area contributed by atoms with Gasteiger partial charge in [-0.05, 0) is 43.7 Å². The number of rotatable bonds is 3. The SMILES string of the molecule is Cc1ccccc1[C@H]1S[C@@H](C)C(=O)N1CC1CC1. The standard InChI is InChI=1S/C15H19NOS/c1-10-5-3-4-6-13(10)15-16(9-12-7-8-12)14(17)11(2)18-15/h3-6,11-12,15H,7-9H2,1-2H3/t11-,15+/m0/s1. The van der Waals surface area contributed by atoms with Crippen LogP contribution in [0, 0.1) is 12.8 Å². The number of nitrogens with zero attached hydrogens (tertiary/aromatic N) is 1. The third-order valence-electron chi connectivity index (χ3n) is 3.85. The molecule has 1 aliphatic heterocycles. The molecule has 1 saturated heterocycles. The fraction of sp³-hybridized carbons (Fsp3) is 0.533. The quantitative estimate of drug-likeness (QED) is 0.831. The Bertz CT molecular complexity index is 469. The van der Waals surface area contributed by atoms with Gasteiger partial charge in [0.2, 0.25) is 5.91 Å². The first-order valence-electron chi connectivity index (χ1n) is 6.68. The smallest absolute Gasteiger partial charge is 0.236 e.